The molecule has 1 fully saturated rings. The quantitative estimate of drug-likeness (QED) is 0.134. The van der Waals surface area contributed by atoms with E-state index in [1.807, 2.05) is 48.5 Å². The van der Waals surface area contributed by atoms with Gasteiger partial charge < -0.3 is 0 Å². The third-order valence-electron chi connectivity index (χ3n) is 8.74. The van der Waals surface area contributed by atoms with Crippen molar-refractivity contribution in [2.24, 2.45) is 16.9 Å². The molecule has 4 aromatic rings. The third kappa shape index (κ3) is 4.04. The maximum absolute atomic E-state index is 14.4. The number of halogens is 1. The highest BCUT2D eigenvalue weighted by Crippen LogP contribution is 2.63. The Hall–Kier alpha value is -4.96. The first-order valence-electron chi connectivity index (χ1n) is 13.7. The number of carbonyl (C=O) groups excluding carboxylic acids is 3. The van der Waals surface area contributed by atoms with Gasteiger partial charge in [-0.3, -0.25) is 24.5 Å². The Morgan fingerprint density at radius 2 is 1.51 bits per heavy atom. The average Bonchev–Trinajstić information content (AvgIpc) is 3.28. The lowest BCUT2D eigenvalue weighted by Gasteiger charge is -2.52. The number of hydrogen-bond acceptors (Lipinski definition) is 6. The van der Waals surface area contributed by atoms with Crippen LogP contribution in [0.3, 0.4) is 0 Å². The first-order chi connectivity index (χ1) is 20.8. The van der Waals surface area contributed by atoms with E-state index in [9.17, 15) is 24.5 Å². The maximum atomic E-state index is 14.4. The molecule has 0 aromatic heterocycles. The van der Waals surface area contributed by atoms with Crippen LogP contribution in [0.1, 0.15) is 33.7 Å². The van der Waals surface area contributed by atoms with Crippen LogP contribution < -0.4 is 10.3 Å². The van der Waals surface area contributed by atoms with E-state index in [1.54, 1.807) is 30.5 Å². The first kappa shape index (κ1) is 26.9. The van der Waals surface area contributed by atoms with Gasteiger partial charge in [-0.15, -0.1) is 0 Å². The van der Waals surface area contributed by atoms with Gasteiger partial charge in [0, 0.05) is 28.7 Å². The number of nitrogens with one attached hydrogen (secondary N) is 1. The van der Waals surface area contributed by atoms with Gasteiger partial charge in [-0.2, -0.15) is 5.10 Å². The minimum absolute atomic E-state index is 0.0433. The van der Waals surface area contributed by atoms with Gasteiger partial charge in [-0.1, -0.05) is 76.6 Å². The van der Waals surface area contributed by atoms with Crippen molar-refractivity contribution in [2.45, 2.75) is 17.8 Å². The topological polar surface area (TPSA) is 122 Å². The molecule has 1 heterocycles. The Morgan fingerprint density at radius 1 is 0.907 bits per heavy atom. The molecule has 10 heteroatoms. The molecule has 3 aliphatic carbocycles. The second-order valence-electron chi connectivity index (χ2n) is 10.9. The van der Waals surface area contributed by atoms with Crippen LogP contribution in [0.2, 0.25) is 0 Å². The molecule has 212 valence electrons. The fourth-order valence-corrected chi connectivity index (χ4v) is 7.33. The number of carbonyl (C=O) groups is 3. The molecule has 2 atom stereocenters. The van der Waals surface area contributed by atoms with E-state index in [4.69, 9.17) is 0 Å². The van der Waals surface area contributed by atoms with E-state index in [1.165, 1.54) is 29.2 Å². The van der Waals surface area contributed by atoms with Crippen LogP contribution in [-0.4, -0.2) is 28.9 Å². The molecule has 4 aliphatic rings. The number of nitro groups is 1. The zero-order valence-electron chi connectivity index (χ0n) is 22.5. The summed E-state index contributed by atoms with van der Waals surface area (Å²) in [5, 5.41) is 15.4. The number of hydrazone groups is 1. The van der Waals surface area contributed by atoms with Gasteiger partial charge in [0.05, 0.1) is 34.3 Å². The van der Waals surface area contributed by atoms with Gasteiger partial charge in [-0.05, 0) is 52.1 Å². The molecule has 3 amide bonds. The molecule has 8 rings (SSSR count). The molecule has 0 saturated carbocycles. The summed E-state index contributed by atoms with van der Waals surface area (Å²) >= 11 is 3.42. The highest BCUT2D eigenvalue weighted by Gasteiger charge is 2.68. The molecular weight excluding hydrogens is 612 g/mol. The summed E-state index contributed by atoms with van der Waals surface area (Å²) in [6, 6.07) is 28.5. The second-order valence-corrected chi connectivity index (χ2v) is 11.8. The zero-order valence-corrected chi connectivity index (χ0v) is 24.1. The van der Waals surface area contributed by atoms with Crippen molar-refractivity contribution in [3.05, 3.63) is 139 Å². The van der Waals surface area contributed by atoms with Crippen molar-refractivity contribution in [1.82, 2.24) is 5.43 Å². The minimum atomic E-state index is -1.11. The second kappa shape index (κ2) is 10.1. The van der Waals surface area contributed by atoms with E-state index >= 15 is 0 Å². The predicted octanol–water partition coefficient (Wildman–Crippen LogP) is 5.25. The summed E-state index contributed by atoms with van der Waals surface area (Å²) in [7, 11) is 0. The lowest BCUT2D eigenvalue weighted by atomic mass is 9.47. The Kier molecular flexibility index (Phi) is 6.32. The van der Waals surface area contributed by atoms with Crippen molar-refractivity contribution < 1.29 is 19.3 Å². The van der Waals surface area contributed by atoms with Gasteiger partial charge in [0.1, 0.15) is 0 Å². The fraction of sp³-hybridized carbons (Fsp3) is 0.152. The first-order valence-corrected chi connectivity index (χ1v) is 14.5. The van der Waals surface area contributed by atoms with Crippen LogP contribution in [-0.2, 0) is 26.2 Å². The predicted molar refractivity (Wildman–Crippen MR) is 163 cm³/mol. The standard InChI is InChI=1S/C33H23BrN4O5/c34-20-11-15-21(16-12-20)37-31(40)29-28-23-5-1-3-7-25(23)33(30(29)32(37)41,26-8-4-2-6-24(26)28)18-35-36-27(39)17-19-9-13-22(14-10-19)38(42)43/h1-16,18,28-30H,17H2,(H,36,39)/b35-18-/t28?,29-,30-,33?/m1/s1. The van der Waals surface area contributed by atoms with Gasteiger partial charge in [0.2, 0.25) is 17.7 Å². The maximum Gasteiger partial charge on any atom is 0.269 e. The van der Waals surface area contributed by atoms with Crippen molar-refractivity contribution in [3.63, 3.8) is 0 Å². The molecule has 2 bridgehead atoms. The normalized spacial score (nSPS) is 23.2. The summed E-state index contributed by atoms with van der Waals surface area (Å²) in [6.07, 6.45) is 1.57. The number of nitrogens with zero attached hydrogens (tertiary/aromatic N) is 3. The van der Waals surface area contributed by atoms with Gasteiger partial charge in [0.15, 0.2) is 0 Å². The van der Waals surface area contributed by atoms with Crippen LogP contribution >= 0.6 is 15.9 Å². The highest BCUT2D eigenvalue weighted by atomic mass is 79.9. The fourth-order valence-electron chi connectivity index (χ4n) is 7.06. The average molecular weight is 635 g/mol. The van der Waals surface area contributed by atoms with Crippen LogP contribution in [0.4, 0.5) is 11.4 Å². The van der Waals surface area contributed by atoms with E-state index in [0.29, 0.717) is 11.3 Å². The van der Waals surface area contributed by atoms with Gasteiger partial charge >= 0.3 is 0 Å². The van der Waals surface area contributed by atoms with Crippen molar-refractivity contribution in [1.29, 1.82) is 0 Å². The number of amides is 3. The number of anilines is 1. The van der Waals surface area contributed by atoms with Crippen LogP contribution in [0.15, 0.2) is 107 Å². The summed E-state index contributed by atoms with van der Waals surface area (Å²) in [5.41, 5.74) is 6.20. The zero-order chi connectivity index (χ0) is 29.9. The van der Waals surface area contributed by atoms with Gasteiger partial charge in [0.25, 0.3) is 5.69 Å². The number of nitro benzene ring substituents is 1. The number of benzene rings is 4. The third-order valence-corrected chi connectivity index (χ3v) is 9.27. The van der Waals surface area contributed by atoms with E-state index < -0.39 is 28.1 Å². The molecule has 0 radical (unpaired) electrons. The van der Waals surface area contributed by atoms with E-state index in [-0.39, 0.29) is 29.8 Å². The highest BCUT2D eigenvalue weighted by molar-refractivity contribution is 9.10. The Balaban J connectivity index is 1.30. The number of rotatable bonds is 6. The van der Waals surface area contributed by atoms with Crippen molar-refractivity contribution in [2.75, 3.05) is 4.90 Å². The van der Waals surface area contributed by atoms with Gasteiger partial charge in [-0.25, -0.2) is 10.3 Å². The summed E-state index contributed by atoms with van der Waals surface area (Å²) < 4.78 is 0.834. The Labute approximate surface area is 254 Å². The largest absolute Gasteiger partial charge is 0.274 e. The molecule has 1 N–H and O–H groups in total. The van der Waals surface area contributed by atoms with E-state index in [0.717, 1.165) is 26.7 Å². The smallest absolute Gasteiger partial charge is 0.269 e. The monoisotopic (exact) mass is 634 g/mol. The molecule has 43 heavy (non-hydrogen) atoms. The molecule has 1 aliphatic heterocycles. The van der Waals surface area contributed by atoms with Crippen LogP contribution in [0, 0.1) is 22.0 Å². The molecule has 0 unspecified atom stereocenters. The summed E-state index contributed by atoms with van der Waals surface area (Å²) in [6.45, 7) is 0. The minimum Gasteiger partial charge on any atom is -0.274 e. The number of non-ortho nitro benzene ring substituents is 1. The molecular formula is C33H23BrN4O5. The lowest BCUT2D eigenvalue weighted by molar-refractivity contribution is -0.384. The van der Waals surface area contributed by atoms with Crippen molar-refractivity contribution in [3.8, 4) is 0 Å². The molecule has 0 spiro atoms. The molecule has 4 aromatic carbocycles. The summed E-state index contributed by atoms with van der Waals surface area (Å²) in [4.78, 5) is 53.2. The lowest BCUT2D eigenvalue weighted by Crippen LogP contribution is -2.54. The van der Waals surface area contributed by atoms with Crippen molar-refractivity contribution >= 4 is 51.2 Å². The number of hydrogen-bond donors (Lipinski definition) is 1. The SMILES string of the molecule is O=C(Cc1ccc([N+](=O)[O-])cc1)N/N=C\C12c3ccccc3C(c3ccccc31)[C@H]1C(=O)N(c3ccc(Br)cc3)C(=O)[C@@H]12. The summed E-state index contributed by atoms with van der Waals surface area (Å²) in [5.74, 6) is -2.71. The Bertz CT molecular complexity index is 1810. The number of imide groups is 1. The molecule has 9 nitrogen and oxygen atoms in total. The Morgan fingerprint density at radius 3 is 2.12 bits per heavy atom. The molecule has 1 saturated heterocycles. The van der Waals surface area contributed by atoms with E-state index in [2.05, 4.69) is 26.5 Å². The van der Waals surface area contributed by atoms with Crippen LogP contribution in [0.5, 0.6) is 0 Å². The van der Waals surface area contributed by atoms with Crippen LogP contribution in [0.25, 0.3) is 0 Å².